The van der Waals surface area contributed by atoms with Gasteiger partial charge in [-0.3, -0.25) is 13.7 Å². The van der Waals surface area contributed by atoms with Crippen LogP contribution in [0.2, 0.25) is 0 Å². The van der Waals surface area contributed by atoms with Gasteiger partial charge in [-0.15, -0.1) is 11.3 Å². The molecule has 0 bridgehead atoms. The van der Waals surface area contributed by atoms with E-state index < -0.39 is 0 Å². The second-order valence-corrected chi connectivity index (χ2v) is 34.8. The van der Waals surface area contributed by atoms with Gasteiger partial charge in [-0.1, -0.05) is 334 Å². The van der Waals surface area contributed by atoms with Crippen molar-refractivity contribution in [3.05, 3.63) is 443 Å². The van der Waals surface area contributed by atoms with E-state index in [9.17, 15) is 0 Å². The number of para-hydroxylation sites is 5. The smallest absolute Gasteiger partial charge is 0.234 e. The van der Waals surface area contributed by atoms with Crippen LogP contribution in [0.1, 0.15) is 0 Å². The molecule has 17 nitrogen and oxygen atoms in total. The first kappa shape index (κ1) is 80.1. The fourth-order valence-electron chi connectivity index (χ4n) is 19.1. The molecule has 28 rings (SSSR count). The van der Waals surface area contributed by atoms with Gasteiger partial charge in [0.15, 0.2) is 51.9 Å². The summed E-state index contributed by atoms with van der Waals surface area (Å²) in [5.41, 5.74) is 21.9. The molecule has 0 atom stereocenters. The molecule has 646 valence electrons. The number of pyridine rings is 2. The van der Waals surface area contributed by atoms with E-state index in [2.05, 4.69) is 232 Å². The Bertz CT molecular complexity index is 9430. The number of furan rings is 2. The van der Waals surface area contributed by atoms with Crippen LogP contribution >= 0.6 is 11.3 Å². The van der Waals surface area contributed by atoms with Crippen LogP contribution in [-0.4, -0.2) is 73.5 Å². The largest absolute Gasteiger partial charge is 0.454 e. The van der Waals surface area contributed by atoms with Crippen LogP contribution in [0, 0.1) is 0 Å². The third-order valence-electron chi connectivity index (χ3n) is 25.6. The van der Waals surface area contributed by atoms with E-state index >= 15 is 0 Å². The molecule has 28 aromatic rings. The first-order valence-electron chi connectivity index (χ1n) is 45.5. The average molecular weight is 1790 g/mol. The number of hydrogen-bond donors (Lipinski definition) is 0. The molecule has 0 fully saturated rings. The van der Waals surface area contributed by atoms with Gasteiger partial charge in [-0.2, -0.15) is 0 Å². The van der Waals surface area contributed by atoms with Gasteiger partial charge in [0.25, 0.3) is 0 Å². The second-order valence-electron chi connectivity index (χ2n) is 33.8. The van der Waals surface area contributed by atoms with Crippen LogP contribution in [0.3, 0.4) is 0 Å². The van der Waals surface area contributed by atoms with Gasteiger partial charge < -0.3 is 8.83 Å². The molecule has 0 aliphatic heterocycles. The monoisotopic (exact) mass is 1790 g/mol. The van der Waals surface area contributed by atoms with Crippen LogP contribution in [0.4, 0.5) is 0 Å². The Morgan fingerprint density at radius 3 is 0.986 bits per heavy atom. The minimum absolute atomic E-state index is 0.526. The van der Waals surface area contributed by atoms with Crippen molar-refractivity contribution in [1.82, 2.24) is 73.5 Å². The molecular formula is C120H73N15O2S. The van der Waals surface area contributed by atoms with E-state index in [1.54, 1.807) is 12.4 Å². The highest BCUT2D eigenvalue weighted by Crippen LogP contribution is 2.47. The summed E-state index contributed by atoms with van der Waals surface area (Å²) in [7, 11) is 0. The molecule has 0 radical (unpaired) electrons. The van der Waals surface area contributed by atoms with Crippen LogP contribution in [-0.2, 0) is 0 Å². The highest BCUT2D eigenvalue weighted by atomic mass is 32.1. The van der Waals surface area contributed by atoms with Gasteiger partial charge in [0.1, 0.15) is 22.8 Å². The topological polar surface area (TPSA) is 196 Å². The lowest BCUT2D eigenvalue weighted by Crippen LogP contribution is -2.03. The number of fused-ring (bicyclic) bond motifs is 21. The number of nitrogens with zero attached hydrogens (tertiary/aromatic N) is 15. The second kappa shape index (κ2) is 33.8. The number of rotatable bonds is 13. The molecule has 0 saturated heterocycles. The van der Waals surface area contributed by atoms with Crippen molar-refractivity contribution < 1.29 is 8.83 Å². The standard InChI is InChI=1S/C44H27N5O.C39H24N4O.C37H22N6S/c1-3-11-28(12-4-1)29-19-21-31(22-20-29)43-46-42(30-13-5-2-6-14-30)47-44(48-43)32-23-26-39(45-27-32)49-37-17-9-7-15-33(37)35-24-25-36-34-16-8-10-18-38(34)50-41(36)40(35)49;1-3-11-25(12-4-1)32-23-33(26-13-5-2-6-14-26)42-39(41-32)27-19-22-36(40-24-27)43-34-17-9-7-15-28(34)30-20-21-31-29-16-8-10-18-35(29)44-38(31)37(30)43;1-3-11-23(12-4-1)34-40-35(24-13-5-2-6-14-24)42-36(41-34)25-21-38-37(39-22-25)43-29-17-9-7-16-28(29)32-30(43)20-19-27-26-15-8-10-18-31(26)44-33(27)32/h1-27H;1-24H;1-22H. The molecule has 12 aromatic heterocycles. The Labute approximate surface area is 792 Å². The summed E-state index contributed by atoms with van der Waals surface area (Å²) >= 11 is 1.84. The Morgan fingerprint density at radius 2 is 0.529 bits per heavy atom. The van der Waals surface area contributed by atoms with Crippen molar-refractivity contribution in [2.45, 2.75) is 0 Å². The average Bonchev–Trinajstić information content (AvgIpc) is 1.59. The van der Waals surface area contributed by atoms with Gasteiger partial charge in [-0.05, 0) is 96.1 Å². The van der Waals surface area contributed by atoms with E-state index in [1.807, 2.05) is 224 Å². The number of benzene rings is 16. The summed E-state index contributed by atoms with van der Waals surface area (Å²) < 4.78 is 22.1. The van der Waals surface area contributed by atoms with Crippen LogP contribution < -0.4 is 0 Å². The highest BCUT2D eigenvalue weighted by molar-refractivity contribution is 7.26. The van der Waals surface area contributed by atoms with Gasteiger partial charge in [0, 0.05) is 143 Å². The molecule has 0 unspecified atom stereocenters. The molecule has 0 aliphatic carbocycles. The molecule has 0 amide bonds. The van der Waals surface area contributed by atoms with Crippen molar-refractivity contribution in [2.24, 2.45) is 0 Å². The zero-order chi connectivity index (χ0) is 91.1. The highest BCUT2D eigenvalue weighted by Gasteiger charge is 2.26. The maximum atomic E-state index is 6.52. The maximum Gasteiger partial charge on any atom is 0.234 e. The predicted octanol–water partition coefficient (Wildman–Crippen LogP) is 29.9. The first-order chi connectivity index (χ1) is 68.4. The summed E-state index contributed by atoms with van der Waals surface area (Å²) in [6.07, 6.45) is 7.33. The number of hydrogen-bond acceptors (Lipinski definition) is 15. The summed E-state index contributed by atoms with van der Waals surface area (Å²) in [5, 5.41) is 13.9. The minimum atomic E-state index is 0.526. The van der Waals surface area contributed by atoms with Crippen molar-refractivity contribution in [1.29, 1.82) is 0 Å². The lowest BCUT2D eigenvalue weighted by atomic mass is 10.0. The van der Waals surface area contributed by atoms with Crippen LogP contribution in [0.15, 0.2) is 452 Å². The molecule has 16 aromatic carbocycles. The lowest BCUT2D eigenvalue weighted by molar-refractivity contribution is 0.670. The Balaban J connectivity index is 0.000000107. The third kappa shape index (κ3) is 14.2. The zero-order valence-corrected chi connectivity index (χ0v) is 74.4. The maximum absolute atomic E-state index is 6.52. The fourth-order valence-corrected chi connectivity index (χ4v) is 20.3. The Hall–Kier alpha value is -18.8. The van der Waals surface area contributed by atoms with E-state index in [4.69, 9.17) is 68.6 Å². The van der Waals surface area contributed by atoms with E-state index in [-0.39, 0.29) is 0 Å². The zero-order valence-electron chi connectivity index (χ0n) is 73.6. The van der Waals surface area contributed by atoms with E-state index in [0.29, 0.717) is 46.7 Å². The molecule has 0 saturated carbocycles. The Kier molecular flexibility index (Phi) is 19.6. The van der Waals surface area contributed by atoms with Crippen molar-refractivity contribution in [2.75, 3.05) is 0 Å². The van der Waals surface area contributed by atoms with Crippen LogP contribution in [0.25, 0.3) is 260 Å². The van der Waals surface area contributed by atoms with Crippen LogP contribution in [0.5, 0.6) is 0 Å². The summed E-state index contributed by atoms with van der Waals surface area (Å²) in [4.78, 5) is 59.1. The fraction of sp³-hybridized carbons (Fsp3) is 0. The molecule has 0 spiro atoms. The lowest BCUT2D eigenvalue weighted by Gasteiger charge is -2.11. The molecule has 12 heterocycles. The summed E-state index contributed by atoms with van der Waals surface area (Å²) in [6, 6.07) is 143. The molecule has 18 heteroatoms. The predicted molar refractivity (Wildman–Crippen MR) is 558 cm³/mol. The molecule has 0 aliphatic rings. The summed E-state index contributed by atoms with van der Waals surface area (Å²) in [6.45, 7) is 0. The van der Waals surface area contributed by atoms with Gasteiger partial charge in [0.2, 0.25) is 5.95 Å². The van der Waals surface area contributed by atoms with Crippen molar-refractivity contribution in [3.8, 4) is 131 Å². The molecule has 138 heavy (non-hydrogen) atoms. The van der Waals surface area contributed by atoms with Gasteiger partial charge >= 0.3 is 0 Å². The number of thiophene rings is 1. The van der Waals surface area contributed by atoms with Gasteiger partial charge in [0.05, 0.1) is 50.1 Å². The van der Waals surface area contributed by atoms with Crippen molar-refractivity contribution >= 4 is 141 Å². The van der Waals surface area contributed by atoms with E-state index in [0.717, 1.165) is 183 Å². The molecule has 0 N–H and O–H groups in total. The first-order valence-corrected chi connectivity index (χ1v) is 46.3. The quantitative estimate of drug-likeness (QED) is 0.106. The SMILES string of the molecule is c1ccc(-c2cc(-c3ccccc3)nc(-c3ccc(-n4c5ccccc5c5ccc6c7ccccc7oc6c54)nc3)n2)cc1.c1ccc(-c2ccc(-c3nc(-c4ccccc4)nc(-c4ccc(-n5c6ccccc6c6ccc7c8ccccc8oc7c65)nc4)n3)cc2)cc1.c1ccc(-c2nc(-c3ccccc3)nc(-c3cnc(-n4c5ccccc5c5c6sc7ccccc7c6ccc54)nc3)n2)cc1. The van der Waals surface area contributed by atoms with Gasteiger partial charge in [-0.25, -0.2) is 59.8 Å². The van der Waals surface area contributed by atoms with E-state index in [1.165, 1.54) is 30.9 Å². The molecular weight excluding hydrogens is 1720 g/mol. The number of aromatic nitrogens is 15. The summed E-state index contributed by atoms with van der Waals surface area (Å²) in [5.74, 6) is 6.32. The minimum Gasteiger partial charge on any atom is -0.454 e. The van der Waals surface area contributed by atoms with Crippen molar-refractivity contribution in [3.63, 3.8) is 0 Å². The normalized spacial score (nSPS) is 11.6. The third-order valence-corrected chi connectivity index (χ3v) is 26.8. The Morgan fingerprint density at radius 1 is 0.203 bits per heavy atom.